The van der Waals surface area contributed by atoms with Crippen molar-refractivity contribution in [3.05, 3.63) is 28.8 Å². The topological polar surface area (TPSA) is 122 Å². The second-order valence-corrected chi connectivity index (χ2v) is 4.98. The van der Waals surface area contributed by atoms with Gasteiger partial charge in [-0.3, -0.25) is 4.79 Å². The van der Waals surface area contributed by atoms with Crippen molar-refractivity contribution in [2.75, 3.05) is 5.32 Å². The number of carbonyl (C=O) groups excluding carboxylic acids is 2. The number of hydrogen-bond acceptors (Lipinski definition) is 3. The molecule has 0 spiro atoms. The van der Waals surface area contributed by atoms with E-state index in [0.29, 0.717) is 0 Å². The monoisotopic (exact) mass is 299 g/mol. The van der Waals surface area contributed by atoms with Crippen molar-refractivity contribution in [3.63, 3.8) is 0 Å². The largest absolute Gasteiger partial charge is 0.478 e. The standard InChI is InChI=1S/C12H14ClN3O4/c1-12(2,10(14)19)16-11(20)15-8-5-6(9(17)18)3-4-7(8)13/h3-5H,1-2H3,(H2,14,19)(H,17,18)(H2,15,16,20). The number of hydrogen-bond donors (Lipinski definition) is 4. The minimum absolute atomic E-state index is 0.0288. The van der Waals surface area contributed by atoms with Crippen LogP contribution in [-0.4, -0.2) is 28.6 Å². The van der Waals surface area contributed by atoms with Gasteiger partial charge in [0.05, 0.1) is 16.3 Å². The molecule has 8 heteroatoms. The molecule has 0 aliphatic rings. The molecule has 0 aliphatic heterocycles. The van der Waals surface area contributed by atoms with Gasteiger partial charge in [-0.15, -0.1) is 0 Å². The number of benzene rings is 1. The van der Waals surface area contributed by atoms with Crippen LogP contribution in [0.3, 0.4) is 0 Å². The van der Waals surface area contributed by atoms with Gasteiger partial charge in [-0.1, -0.05) is 11.6 Å². The summed E-state index contributed by atoms with van der Waals surface area (Å²) >= 11 is 5.85. The summed E-state index contributed by atoms with van der Waals surface area (Å²) in [5.41, 5.74) is 3.96. The second-order valence-electron chi connectivity index (χ2n) is 4.57. The van der Waals surface area contributed by atoms with Gasteiger partial charge in [0.25, 0.3) is 0 Å². The fourth-order valence-electron chi connectivity index (χ4n) is 1.25. The predicted molar refractivity (Wildman–Crippen MR) is 73.8 cm³/mol. The summed E-state index contributed by atoms with van der Waals surface area (Å²) in [6.45, 7) is 2.87. The molecule has 5 N–H and O–H groups in total. The van der Waals surface area contributed by atoms with Crippen molar-refractivity contribution in [2.45, 2.75) is 19.4 Å². The number of aromatic carboxylic acids is 1. The van der Waals surface area contributed by atoms with Crippen LogP contribution in [0.25, 0.3) is 0 Å². The Kier molecular flexibility index (Phi) is 4.57. The lowest BCUT2D eigenvalue weighted by Gasteiger charge is -2.22. The molecule has 0 saturated carbocycles. The van der Waals surface area contributed by atoms with Crippen LogP contribution in [0.4, 0.5) is 10.5 Å². The van der Waals surface area contributed by atoms with E-state index < -0.39 is 23.4 Å². The van der Waals surface area contributed by atoms with Crippen molar-refractivity contribution in [2.24, 2.45) is 5.73 Å². The highest BCUT2D eigenvalue weighted by Gasteiger charge is 2.27. The van der Waals surface area contributed by atoms with E-state index in [-0.39, 0.29) is 16.3 Å². The Bertz CT molecular complexity index is 572. The molecule has 0 saturated heterocycles. The highest BCUT2D eigenvalue weighted by molar-refractivity contribution is 6.33. The molecule has 0 heterocycles. The molecule has 1 aromatic rings. The number of urea groups is 1. The summed E-state index contributed by atoms with van der Waals surface area (Å²) in [4.78, 5) is 33.7. The maximum Gasteiger partial charge on any atom is 0.335 e. The number of anilines is 1. The number of primary amides is 1. The lowest BCUT2D eigenvalue weighted by atomic mass is 10.1. The lowest BCUT2D eigenvalue weighted by Crippen LogP contribution is -2.54. The molecule has 0 aromatic heterocycles. The lowest BCUT2D eigenvalue weighted by molar-refractivity contribution is -0.122. The Labute approximate surface area is 120 Å². The molecule has 0 fully saturated rings. The molecule has 1 aromatic carbocycles. The number of carbonyl (C=O) groups is 3. The van der Waals surface area contributed by atoms with Gasteiger partial charge in [0.2, 0.25) is 5.91 Å². The maximum atomic E-state index is 11.7. The van der Waals surface area contributed by atoms with E-state index in [2.05, 4.69) is 10.6 Å². The van der Waals surface area contributed by atoms with Crippen molar-refractivity contribution >= 4 is 35.2 Å². The SMILES string of the molecule is CC(C)(NC(=O)Nc1cc(C(=O)O)ccc1Cl)C(N)=O. The van der Waals surface area contributed by atoms with Gasteiger partial charge in [0.1, 0.15) is 5.54 Å². The van der Waals surface area contributed by atoms with Gasteiger partial charge in [-0.2, -0.15) is 0 Å². The number of carboxylic acids is 1. The molecule has 20 heavy (non-hydrogen) atoms. The van der Waals surface area contributed by atoms with Crippen LogP contribution in [0, 0.1) is 0 Å². The Morgan fingerprint density at radius 3 is 2.40 bits per heavy atom. The Hall–Kier alpha value is -2.28. The first-order valence-electron chi connectivity index (χ1n) is 5.55. The van der Waals surface area contributed by atoms with Crippen LogP contribution in [0.2, 0.25) is 5.02 Å². The number of nitrogens with one attached hydrogen (secondary N) is 2. The third-order valence-corrected chi connectivity index (χ3v) is 2.83. The zero-order chi connectivity index (χ0) is 15.5. The average Bonchev–Trinajstić information content (AvgIpc) is 2.30. The quantitative estimate of drug-likeness (QED) is 0.671. The van der Waals surface area contributed by atoms with Crippen molar-refractivity contribution in [3.8, 4) is 0 Å². The van der Waals surface area contributed by atoms with E-state index in [9.17, 15) is 14.4 Å². The fourth-order valence-corrected chi connectivity index (χ4v) is 1.42. The summed E-state index contributed by atoms with van der Waals surface area (Å²) < 4.78 is 0. The van der Waals surface area contributed by atoms with Gasteiger partial charge >= 0.3 is 12.0 Å². The smallest absolute Gasteiger partial charge is 0.335 e. The second kappa shape index (κ2) is 5.79. The molecule has 0 aliphatic carbocycles. The fraction of sp³-hybridized carbons (Fsp3) is 0.250. The van der Waals surface area contributed by atoms with Crippen LogP contribution in [0.1, 0.15) is 24.2 Å². The summed E-state index contributed by atoms with van der Waals surface area (Å²) in [6.07, 6.45) is 0. The van der Waals surface area contributed by atoms with Crippen LogP contribution in [0.15, 0.2) is 18.2 Å². The van der Waals surface area contributed by atoms with Gasteiger partial charge in [-0.25, -0.2) is 9.59 Å². The molecular weight excluding hydrogens is 286 g/mol. The Morgan fingerprint density at radius 1 is 1.30 bits per heavy atom. The van der Waals surface area contributed by atoms with Crippen LogP contribution in [-0.2, 0) is 4.79 Å². The first-order valence-corrected chi connectivity index (χ1v) is 5.93. The van der Waals surface area contributed by atoms with E-state index in [4.69, 9.17) is 22.4 Å². The van der Waals surface area contributed by atoms with E-state index in [1.807, 2.05) is 0 Å². The van der Waals surface area contributed by atoms with E-state index >= 15 is 0 Å². The van der Waals surface area contributed by atoms with E-state index in [0.717, 1.165) is 0 Å². The summed E-state index contributed by atoms with van der Waals surface area (Å²) in [6, 6.07) is 3.14. The molecule has 0 atom stereocenters. The molecular formula is C12H14ClN3O4. The first kappa shape index (κ1) is 15.8. The highest BCUT2D eigenvalue weighted by Crippen LogP contribution is 2.23. The molecule has 108 valence electrons. The zero-order valence-corrected chi connectivity index (χ0v) is 11.6. The molecule has 0 unspecified atom stereocenters. The third-order valence-electron chi connectivity index (χ3n) is 2.50. The van der Waals surface area contributed by atoms with Crippen LogP contribution >= 0.6 is 11.6 Å². The number of rotatable bonds is 4. The number of carboxylic acid groups (broad SMARTS) is 1. The minimum atomic E-state index is -1.25. The van der Waals surface area contributed by atoms with E-state index in [1.165, 1.54) is 32.0 Å². The van der Waals surface area contributed by atoms with Gasteiger partial charge < -0.3 is 21.5 Å². The molecule has 1 rings (SSSR count). The van der Waals surface area contributed by atoms with Crippen LogP contribution in [0.5, 0.6) is 0 Å². The van der Waals surface area contributed by atoms with Crippen molar-refractivity contribution in [1.82, 2.24) is 5.32 Å². The Balaban J connectivity index is 2.88. The summed E-state index contributed by atoms with van der Waals surface area (Å²) in [7, 11) is 0. The van der Waals surface area contributed by atoms with Crippen molar-refractivity contribution in [1.29, 1.82) is 0 Å². The van der Waals surface area contributed by atoms with Gasteiger partial charge in [0, 0.05) is 0 Å². The van der Waals surface area contributed by atoms with Crippen LogP contribution < -0.4 is 16.4 Å². The highest BCUT2D eigenvalue weighted by atomic mass is 35.5. The van der Waals surface area contributed by atoms with E-state index in [1.54, 1.807) is 0 Å². The first-order chi connectivity index (χ1) is 9.13. The van der Waals surface area contributed by atoms with Gasteiger partial charge in [0.15, 0.2) is 0 Å². The molecule has 0 bridgehead atoms. The third kappa shape index (κ3) is 3.86. The van der Waals surface area contributed by atoms with Gasteiger partial charge in [-0.05, 0) is 32.0 Å². The Morgan fingerprint density at radius 2 is 1.90 bits per heavy atom. The van der Waals surface area contributed by atoms with Crippen molar-refractivity contribution < 1.29 is 19.5 Å². The maximum absolute atomic E-state index is 11.7. The zero-order valence-electron chi connectivity index (χ0n) is 10.9. The normalized spacial score (nSPS) is 10.8. The average molecular weight is 300 g/mol. The number of nitrogens with two attached hydrogens (primary N) is 1. The minimum Gasteiger partial charge on any atom is -0.478 e. The summed E-state index contributed by atoms with van der Waals surface area (Å²) in [5, 5.41) is 13.7. The molecule has 0 radical (unpaired) electrons. The molecule has 7 nitrogen and oxygen atoms in total. The molecule has 3 amide bonds. The number of amides is 3. The number of halogens is 1. The summed E-state index contributed by atoms with van der Waals surface area (Å²) in [5.74, 6) is -1.86. The predicted octanol–water partition coefficient (Wildman–Crippen LogP) is 1.42.